The molecule has 3 aromatic rings. The van der Waals surface area contributed by atoms with Crippen LogP contribution in [-0.4, -0.2) is 12.3 Å². The fraction of sp³-hybridized carbons (Fsp3) is 0.174. The van der Waals surface area contributed by atoms with Crippen molar-refractivity contribution in [3.63, 3.8) is 0 Å². The Morgan fingerprint density at radius 2 is 1.33 bits per heavy atom. The average Bonchev–Trinajstić information content (AvgIpc) is 2.72. The highest BCUT2D eigenvalue weighted by Gasteiger charge is 2.17. The van der Waals surface area contributed by atoms with Gasteiger partial charge in [0.2, 0.25) is 0 Å². The van der Waals surface area contributed by atoms with E-state index in [0.29, 0.717) is 36.8 Å². The Bertz CT molecular complexity index is 863. The van der Waals surface area contributed by atoms with E-state index in [1.54, 1.807) is 12.1 Å². The van der Waals surface area contributed by atoms with Gasteiger partial charge in [0.05, 0.1) is 5.56 Å². The second kappa shape index (κ2) is 9.55. The molecule has 0 aliphatic carbocycles. The fourth-order valence-electron chi connectivity index (χ4n) is 2.73. The Kier molecular flexibility index (Phi) is 6.61. The Hall–Kier alpha value is -3.11. The molecule has 0 aliphatic rings. The topological polar surface area (TPSA) is 61.6 Å². The highest BCUT2D eigenvalue weighted by Crippen LogP contribution is 2.33. The van der Waals surface area contributed by atoms with Gasteiger partial charge in [-0.3, -0.25) is 4.79 Å². The van der Waals surface area contributed by atoms with Crippen LogP contribution >= 0.6 is 0 Å². The summed E-state index contributed by atoms with van der Waals surface area (Å²) in [6, 6.07) is 25.1. The normalized spacial score (nSPS) is 10.4. The van der Waals surface area contributed by atoms with Crippen LogP contribution in [0.25, 0.3) is 0 Å². The molecule has 0 radical (unpaired) electrons. The summed E-state index contributed by atoms with van der Waals surface area (Å²) in [5, 5.41) is 0. The maximum absolute atomic E-state index is 12.5. The highest BCUT2D eigenvalue weighted by atomic mass is 16.5. The smallest absolute Gasteiger partial charge is 0.172 e. The SMILES string of the molecule is NCCC(=O)c1cccc(OCc2ccccc2)c1OCc1ccccc1. The molecule has 27 heavy (non-hydrogen) atoms. The maximum atomic E-state index is 12.5. The first-order valence-electron chi connectivity index (χ1n) is 8.97. The summed E-state index contributed by atoms with van der Waals surface area (Å²) in [7, 11) is 0. The molecule has 3 rings (SSSR count). The summed E-state index contributed by atoms with van der Waals surface area (Å²) in [5.74, 6) is 0.971. The Morgan fingerprint density at radius 1 is 0.741 bits per heavy atom. The van der Waals surface area contributed by atoms with Crippen LogP contribution in [0.15, 0.2) is 78.9 Å². The van der Waals surface area contributed by atoms with E-state index >= 15 is 0 Å². The van der Waals surface area contributed by atoms with Gasteiger partial charge in [0.15, 0.2) is 17.3 Å². The number of rotatable bonds is 9. The van der Waals surface area contributed by atoms with Crippen LogP contribution in [0, 0.1) is 0 Å². The number of benzene rings is 3. The minimum absolute atomic E-state index is 0.0503. The summed E-state index contributed by atoms with van der Waals surface area (Å²) in [6.45, 7) is 1.05. The predicted octanol–water partition coefficient (Wildman–Crippen LogP) is 4.38. The molecular weight excluding hydrogens is 338 g/mol. The lowest BCUT2D eigenvalue weighted by atomic mass is 10.1. The number of Topliss-reactive ketones (excluding diaryl/α,β-unsaturated/α-hetero) is 1. The van der Waals surface area contributed by atoms with Gasteiger partial charge in [-0.05, 0) is 29.8 Å². The summed E-state index contributed by atoms with van der Waals surface area (Å²) in [6.07, 6.45) is 0.268. The largest absolute Gasteiger partial charge is 0.485 e. The molecule has 0 saturated carbocycles. The quantitative estimate of drug-likeness (QED) is 0.575. The molecular formula is C23H23NO3. The summed E-state index contributed by atoms with van der Waals surface area (Å²) in [4.78, 5) is 12.5. The molecule has 3 aromatic carbocycles. The van der Waals surface area contributed by atoms with E-state index in [1.807, 2.05) is 66.7 Å². The number of carbonyl (C=O) groups excluding carboxylic acids is 1. The summed E-state index contributed by atoms with van der Waals surface area (Å²) in [5.41, 5.74) is 8.13. The van der Waals surface area contributed by atoms with Crippen LogP contribution in [-0.2, 0) is 13.2 Å². The van der Waals surface area contributed by atoms with Crippen molar-refractivity contribution in [3.05, 3.63) is 95.6 Å². The number of ketones is 1. The van der Waals surface area contributed by atoms with Gasteiger partial charge < -0.3 is 15.2 Å². The lowest BCUT2D eigenvalue weighted by Gasteiger charge is -2.16. The van der Waals surface area contributed by atoms with Gasteiger partial charge in [-0.25, -0.2) is 0 Å². The van der Waals surface area contributed by atoms with Crippen molar-refractivity contribution in [1.82, 2.24) is 0 Å². The van der Waals surface area contributed by atoms with Crippen molar-refractivity contribution in [1.29, 1.82) is 0 Å². The van der Waals surface area contributed by atoms with Crippen molar-refractivity contribution >= 4 is 5.78 Å². The highest BCUT2D eigenvalue weighted by molar-refractivity contribution is 5.99. The summed E-state index contributed by atoms with van der Waals surface area (Å²) < 4.78 is 12.0. The van der Waals surface area contributed by atoms with Gasteiger partial charge in [0, 0.05) is 6.42 Å². The molecule has 0 unspecified atom stereocenters. The number of ether oxygens (including phenoxy) is 2. The molecule has 2 N–H and O–H groups in total. The Labute approximate surface area is 159 Å². The zero-order valence-electron chi connectivity index (χ0n) is 15.1. The molecule has 0 fully saturated rings. The van der Waals surface area contributed by atoms with E-state index in [0.717, 1.165) is 11.1 Å². The third-order valence-corrected chi connectivity index (χ3v) is 4.11. The first-order chi connectivity index (χ1) is 13.3. The predicted molar refractivity (Wildman–Crippen MR) is 106 cm³/mol. The Morgan fingerprint density at radius 3 is 1.93 bits per heavy atom. The van der Waals surface area contributed by atoms with E-state index in [-0.39, 0.29) is 12.2 Å². The van der Waals surface area contributed by atoms with Gasteiger partial charge in [-0.15, -0.1) is 0 Å². The molecule has 0 saturated heterocycles. The van der Waals surface area contributed by atoms with Crippen LogP contribution < -0.4 is 15.2 Å². The zero-order chi connectivity index (χ0) is 18.9. The number of hydrogen-bond donors (Lipinski definition) is 1. The van der Waals surface area contributed by atoms with Crippen molar-refractivity contribution < 1.29 is 14.3 Å². The van der Waals surface area contributed by atoms with Crippen molar-refractivity contribution in [3.8, 4) is 11.5 Å². The molecule has 0 bridgehead atoms. The lowest BCUT2D eigenvalue weighted by molar-refractivity contribution is 0.0979. The van der Waals surface area contributed by atoms with Gasteiger partial charge in [0.1, 0.15) is 13.2 Å². The molecule has 4 nitrogen and oxygen atoms in total. The zero-order valence-corrected chi connectivity index (χ0v) is 15.1. The monoisotopic (exact) mass is 361 g/mol. The molecule has 0 amide bonds. The molecule has 4 heteroatoms. The fourth-order valence-corrected chi connectivity index (χ4v) is 2.73. The molecule has 0 atom stereocenters. The summed E-state index contributed by atoms with van der Waals surface area (Å²) >= 11 is 0. The van der Waals surface area contributed by atoms with Gasteiger partial charge in [-0.2, -0.15) is 0 Å². The molecule has 0 spiro atoms. The minimum Gasteiger partial charge on any atom is -0.485 e. The lowest BCUT2D eigenvalue weighted by Crippen LogP contribution is -2.11. The van der Waals surface area contributed by atoms with Crippen LogP contribution in [0.5, 0.6) is 11.5 Å². The van der Waals surface area contributed by atoms with E-state index in [2.05, 4.69) is 0 Å². The maximum Gasteiger partial charge on any atom is 0.172 e. The van der Waals surface area contributed by atoms with Gasteiger partial charge in [-0.1, -0.05) is 66.7 Å². The van der Waals surface area contributed by atoms with Crippen LogP contribution in [0.3, 0.4) is 0 Å². The van der Waals surface area contributed by atoms with E-state index in [4.69, 9.17) is 15.2 Å². The van der Waals surface area contributed by atoms with Crippen LogP contribution in [0.2, 0.25) is 0 Å². The van der Waals surface area contributed by atoms with Gasteiger partial charge in [0.25, 0.3) is 0 Å². The molecule has 0 aliphatic heterocycles. The second-order valence-electron chi connectivity index (χ2n) is 6.14. The number of para-hydroxylation sites is 1. The van der Waals surface area contributed by atoms with Crippen LogP contribution in [0.1, 0.15) is 27.9 Å². The second-order valence-corrected chi connectivity index (χ2v) is 6.14. The number of nitrogens with two attached hydrogens (primary N) is 1. The molecule has 138 valence electrons. The van der Waals surface area contributed by atoms with Crippen molar-refractivity contribution in [2.24, 2.45) is 5.73 Å². The molecule has 0 aromatic heterocycles. The van der Waals surface area contributed by atoms with E-state index < -0.39 is 0 Å². The van der Waals surface area contributed by atoms with Crippen LogP contribution in [0.4, 0.5) is 0 Å². The first-order valence-corrected chi connectivity index (χ1v) is 8.97. The minimum atomic E-state index is -0.0503. The third kappa shape index (κ3) is 5.19. The Balaban J connectivity index is 1.84. The van der Waals surface area contributed by atoms with Crippen molar-refractivity contribution in [2.45, 2.75) is 19.6 Å². The average molecular weight is 361 g/mol. The standard InChI is InChI=1S/C23H23NO3/c24-15-14-21(25)20-12-7-13-22(26-16-18-8-3-1-4-9-18)23(20)27-17-19-10-5-2-6-11-19/h1-13H,14-17,24H2. The van der Waals surface area contributed by atoms with E-state index in [9.17, 15) is 4.79 Å². The first kappa shape index (κ1) is 18.7. The van der Waals surface area contributed by atoms with Gasteiger partial charge >= 0.3 is 0 Å². The van der Waals surface area contributed by atoms with Crippen molar-refractivity contribution in [2.75, 3.05) is 6.54 Å². The van der Waals surface area contributed by atoms with E-state index in [1.165, 1.54) is 0 Å². The molecule has 0 heterocycles. The number of carbonyl (C=O) groups is 1. The number of hydrogen-bond acceptors (Lipinski definition) is 4. The third-order valence-electron chi connectivity index (χ3n) is 4.11.